The molecule has 0 unspecified atom stereocenters. The topological polar surface area (TPSA) is 38.7 Å². The van der Waals surface area contributed by atoms with Crippen molar-refractivity contribution in [3.63, 3.8) is 0 Å². The fourth-order valence-electron chi connectivity index (χ4n) is 5.82. The molecule has 0 radical (unpaired) electrons. The maximum Gasteiger partial charge on any atom is 0.164 e. The Balaban J connectivity index is 1.36. The van der Waals surface area contributed by atoms with Gasteiger partial charge in [0.25, 0.3) is 0 Å². The van der Waals surface area contributed by atoms with Gasteiger partial charge in [-0.25, -0.2) is 15.0 Å². The Morgan fingerprint density at radius 1 is 0.318 bits per heavy atom. The van der Waals surface area contributed by atoms with E-state index in [1.54, 1.807) is 0 Å². The highest BCUT2D eigenvalue weighted by molar-refractivity contribution is 6.11. The van der Waals surface area contributed by atoms with Crippen molar-refractivity contribution < 1.29 is 6.85 Å². The maximum atomic E-state index is 8.64. The van der Waals surface area contributed by atoms with E-state index in [0.717, 1.165) is 43.8 Å². The molecule has 1 heterocycles. The summed E-state index contributed by atoms with van der Waals surface area (Å²) in [6, 6.07) is 42.7. The molecule has 3 heteroatoms. The number of fused-ring (bicyclic) bond motifs is 2. The molecule has 0 N–H and O–H groups in total. The third-order valence-electron chi connectivity index (χ3n) is 7.86. The van der Waals surface area contributed by atoms with Crippen LogP contribution in [-0.4, -0.2) is 15.0 Å². The Hall–Kier alpha value is -5.93. The van der Waals surface area contributed by atoms with E-state index in [0.29, 0.717) is 17.2 Å². The Morgan fingerprint density at radius 2 is 0.727 bits per heavy atom. The number of aromatic nitrogens is 3. The van der Waals surface area contributed by atoms with Crippen LogP contribution in [0.5, 0.6) is 0 Å². The van der Waals surface area contributed by atoms with Crippen LogP contribution in [0.4, 0.5) is 0 Å². The molecule has 0 fully saturated rings. The monoisotopic (exact) mass is 566 g/mol. The summed E-state index contributed by atoms with van der Waals surface area (Å²) in [5, 5.41) is 4.21. The van der Waals surface area contributed by atoms with Gasteiger partial charge in [-0.3, -0.25) is 0 Å². The molecule has 0 aliphatic carbocycles. The number of hydrogen-bond donors (Lipinski definition) is 0. The predicted octanol–water partition coefficient (Wildman–Crippen LogP) is 10.5. The average molecular weight is 567 g/mol. The van der Waals surface area contributed by atoms with Gasteiger partial charge in [0, 0.05) is 16.7 Å². The van der Waals surface area contributed by atoms with Crippen molar-refractivity contribution in [3.8, 4) is 56.4 Å². The van der Waals surface area contributed by atoms with Gasteiger partial charge in [0.2, 0.25) is 0 Å². The van der Waals surface area contributed by atoms with Gasteiger partial charge in [-0.05, 0) is 49.9 Å². The molecule has 0 atom stereocenters. The van der Waals surface area contributed by atoms with Gasteiger partial charge in [-0.15, -0.1) is 0 Å². The molecule has 8 aromatic rings. The van der Waals surface area contributed by atoms with Crippen molar-refractivity contribution >= 4 is 21.5 Å². The van der Waals surface area contributed by atoms with Gasteiger partial charge >= 0.3 is 0 Å². The van der Waals surface area contributed by atoms with Gasteiger partial charge in [-0.1, -0.05) is 158 Å². The largest absolute Gasteiger partial charge is 0.208 e. The molecule has 0 aliphatic heterocycles. The van der Waals surface area contributed by atoms with Crippen LogP contribution in [-0.2, 0) is 0 Å². The second-order valence-electron chi connectivity index (χ2n) is 10.5. The first-order valence-corrected chi connectivity index (χ1v) is 14.4. The molecule has 0 aliphatic rings. The van der Waals surface area contributed by atoms with E-state index in [1.807, 2.05) is 60.7 Å². The molecule has 0 spiro atoms. The first kappa shape index (κ1) is 20.9. The minimum absolute atomic E-state index is 0.0107. The lowest BCUT2D eigenvalue weighted by Gasteiger charge is -2.16. The van der Waals surface area contributed by atoms with Crippen LogP contribution in [0.2, 0.25) is 0 Å². The number of rotatable bonds is 5. The third-order valence-corrected chi connectivity index (χ3v) is 7.86. The maximum absolute atomic E-state index is 8.64. The summed E-state index contributed by atoms with van der Waals surface area (Å²) in [5.74, 6) is 0.683. The van der Waals surface area contributed by atoms with Gasteiger partial charge in [-0.2, -0.15) is 0 Å². The molecule has 0 saturated carbocycles. The van der Waals surface area contributed by atoms with Crippen LogP contribution in [0.1, 0.15) is 6.85 Å². The van der Waals surface area contributed by atoms with E-state index >= 15 is 0 Å². The Bertz CT molecular complexity index is 2530. The van der Waals surface area contributed by atoms with Crippen LogP contribution < -0.4 is 0 Å². The molecule has 0 bridgehead atoms. The Kier molecular flexibility index (Phi) is 5.24. The lowest BCUT2D eigenvalue weighted by atomic mass is 9.89. The summed E-state index contributed by atoms with van der Waals surface area (Å²) in [6.07, 6.45) is 0. The highest BCUT2D eigenvalue weighted by Gasteiger charge is 2.17. The second kappa shape index (κ2) is 11.0. The van der Waals surface area contributed by atoms with Crippen molar-refractivity contribution in [2.24, 2.45) is 0 Å². The second-order valence-corrected chi connectivity index (χ2v) is 10.5. The highest BCUT2D eigenvalue weighted by atomic mass is 15.0. The third kappa shape index (κ3) is 4.61. The molecule has 1 aromatic heterocycles. The van der Waals surface area contributed by atoms with Crippen LogP contribution in [0.15, 0.2) is 164 Å². The van der Waals surface area contributed by atoms with Gasteiger partial charge in [0.15, 0.2) is 17.5 Å². The Morgan fingerprint density at radius 3 is 1.32 bits per heavy atom. The van der Waals surface area contributed by atoms with E-state index in [1.165, 1.54) is 5.56 Å². The molecular weight excluding hydrogens is 534 g/mol. The van der Waals surface area contributed by atoms with Gasteiger partial charge < -0.3 is 0 Å². The summed E-state index contributed by atoms with van der Waals surface area (Å²) in [7, 11) is 0. The summed E-state index contributed by atoms with van der Waals surface area (Å²) in [6.45, 7) is 0. The number of nitrogens with zero attached hydrogens (tertiary/aromatic N) is 3. The van der Waals surface area contributed by atoms with Crippen molar-refractivity contribution in [3.05, 3.63) is 164 Å². The highest BCUT2D eigenvalue weighted by Crippen LogP contribution is 2.40. The number of benzene rings is 7. The zero-order valence-corrected chi connectivity index (χ0v) is 23.5. The fraction of sp³-hybridized carbons (Fsp3) is 0. The van der Waals surface area contributed by atoms with Crippen molar-refractivity contribution in [2.45, 2.75) is 0 Å². The number of hydrogen-bond acceptors (Lipinski definition) is 3. The predicted molar refractivity (Wildman–Crippen MR) is 182 cm³/mol. The summed E-state index contributed by atoms with van der Waals surface area (Å²) in [5.41, 5.74) is 5.85. The fourth-order valence-corrected chi connectivity index (χ4v) is 5.82. The van der Waals surface area contributed by atoms with Crippen LogP contribution in [0.3, 0.4) is 0 Å². The van der Waals surface area contributed by atoms with E-state index in [4.69, 9.17) is 16.8 Å². The average Bonchev–Trinajstić information content (AvgIpc) is 3.16. The van der Waals surface area contributed by atoms with Crippen LogP contribution in [0, 0.1) is 0 Å². The lowest BCUT2D eigenvalue weighted by Crippen LogP contribution is -2.00. The summed E-state index contributed by atoms with van der Waals surface area (Å²) >= 11 is 0. The van der Waals surface area contributed by atoms with Crippen LogP contribution in [0.25, 0.3) is 78.0 Å². The normalized spacial score (nSPS) is 12.8. The molecule has 7 aromatic carbocycles. The summed E-state index contributed by atoms with van der Waals surface area (Å²) < 4.78 is 41.9. The molecule has 8 rings (SSSR count). The lowest BCUT2D eigenvalue weighted by molar-refractivity contribution is 1.08. The minimum atomic E-state index is -0.470. The molecule has 0 amide bonds. The van der Waals surface area contributed by atoms with E-state index in [2.05, 4.69) is 77.8 Å². The van der Waals surface area contributed by atoms with Crippen molar-refractivity contribution in [1.29, 1.82) is 0 Å². The smallest absolute Gasteiger partial charge is 0.164 e. The molecule has 206 valence electrons. The SMILES string of the molecule is [2H]c1c([2H])c([2H])c(-c2nc(-c3ccccc3)nc(-c3ccc(-c4ccc(-c5ccccc5)c5ccccc45)c4ccccc34)n2)c([2H])c1[2H]. The first-order chi connectivity index (χ1) is 23.9. The van der Waals surface area contributed by atoms with E-state index in [-0.39, 0.29) is 23.5 Å². The zero-order valence-electron chi connectivity index (χ0n) is 28.5. The molecule has 3 nitrogen and oxygen atoms in total. The van der Waals surface area contributed by atoms with Crippen LogP contribution >= 0.6 is 0 Å². The Labute approximate surface area is 263 Å². The quantitative estimate of drug-likeness (QED) is 0.208. The first-order valence-electron chi connectivity index (χ1n) is 16.9. The van der Waals surface area contributed by atoms with E-state index < -0.39 is 18.1 Å². The van der Waals surface area contributed by atoms with Crippen molar-refractivity contribution in [1.82, 2.24) is 15.0 Å². The van der Waals surface area contributed by atoms with Gasteiger partial charge in [0.05, 0.1) is 6.85 Å². The summed E-state index contributed by atoms with van der Waals surface area (Å²) in [4.78, 5) is 14.3. The van der Waals surface area contributed by atoms with E-state index in [9.17, 15) is 0 Å². The minimum Gasteiger partial charge on any atom is -0.208 e. The standard InChI is InChI=1S/C41H27N3/c1-4-14-28(15-5-1)31-24-25-36(33-21-11-10-20-32(31)33)37-26-27-38(35-23-13-12-22-34(35)37)41-43-39(29-16-6-2-7-17-29)42-40(44-41)30-18-8-3-9-19-30/h1-27H/i2D,6D,7D,16D,17D. The van der Waals surface area contributed by atoms with Crippen molar-refractivity contribution in [2.75, 3.05) is 0 Å². The zero-order chi connectivity index (χ0) is 33.6. The molecule has 44 heavy (non-hydrogen) atoms. The van der Waals surface area contributed by atoms with Gasteiger partial charge in [0.1, 0.15) is 0 Å². The molecule has 0 saturated heterocycles. The molecular formula is C41H27N3.